The summed E-state index contributed by atoms with van der Waals surface area (Å²) >= 11 is 0. The summed E-state index contributed by atoms with van der Waals surface area (Å²) in [5, 5.41) is 2.92. The van der Waals surface area contributed by atoms with Crippen molar-refractivity contribution < 1.29 is 19.0 Å². The minimum Gasteiger partial charge on any atom is -0.444 e. The van der Waals surface area contributed by atoms with E-state index in [9.17, 15) is 4.79 Å². The van der Waals surface area contributed by atoms with Crippen molar-refractivity contribution in [3.05, 3.63) is 95.1 Å². The van der Waals surface area contributed by atoms with Crippen LogP contribution < -0.4 is 10.2 Å². The lowest BCUT2D eigenvalue weighted by Gasteiger charge is -2.37. The minimum absolute atomic E-state index is 0.124. The summed E-state index contributed by atoms with van der Waals surface area (Å²) < 4.78 is 16.5. The number of nitrogens with zero attached hydrogens (tertiary/aromatic N) is 1. The summed E-state index contributed by atoms with van der Waals surface area (Å²) in [6.45, 7) is 7.62. The molecule has 41 heavy (non-hydrogen) atoms. The van der Waals surface area contributed by atoms with Crippen LogP contribution in [0.25, 0.3) is 0 Å². The SMILES string of the molecule is COC(OC)C1CCN(c2ccc([C@@H]3c4ccc(NC(=O)OC(C)(C)C)cc4CC[C@@H]3c3ccccc3)cc2)CC1. The first-order valence-corrected chi connectivity index (χ1v) is 14.8. The van der Waals surface area contributed by atoms with E-state index in [0.29, 0.717) is 11.8 Å². The number of nitrogens with one attached hydrogen (secondary N) is 1. The molecule has 6 nitrogen and oxygen atoms in total. The molecule has 0 aromatic heterocycles. The maximum atomic E-state index is 12.4. The molecule has 1 aliphatic heterocycles. The molecule has 6 heteroatoms. The molecule has 1 N–H and O–H groups in total. The predicted molar refractivity (Wildman–Crippen MR) is 165 cm³/mol. The van der Waals surface area contributed by atoms with Crippen molar-refractivity contribution in [3.63, 3.8) is 0 Å². The summed E-state index contributed by atoms with van der Waals surface area (Å²) in [5.74, 6) is 1.05. The van der Waals surface area contributed by atoms with Crippen LogP contribution in [0.15, 0.2) is 72.8 Å². The Kier molecular flexibility index (Phi) is 9.00. The average molecular weight is 557 g/mol. The zero-order valence-electron chi connectivity index (χ0n) is 25.1. The fourth-order valence-corrected chi connectivity index (χ4v) is 6.59. The molecule has 3 aromatic rings. The van der Waals surface area contributed by atoms with Crippen molar-refractivity contribution in [1.82, 2.24) is 0 Å². The Morgan fingerprint density at radius 1 is 0.878 bits per heavy atom. The van der Waals surface area contributed by atoms with Crippen molar-refractivity contribution in [2.24, 2.45) is 5.92 Å². The topological polar surface area (TPSA) is 60.0 Å². The van der Waals surface area contributed by atoms with Gasteiger partial charge in [-0.05, 0) is 98.9 Å². The van der Waals surface area contributed by atoms with Gasteiger partial charge in [-0.15, -0.1) is 0 Å². The molecule has 5 rings (SSSR count). The monoisotopic (exact) mass is 556 g/mol. The molecular weight excluding hydrogens is 512 g/mol. The molecule has 2 atom stereocenters. The third kappa shape index (κ3) is 6.94. The van der Waals surface area contributed by atoms with Crippen molar-refractivity contribution in [2.75, 3.05) is 37.5 Å². The van der Waals surface area contributed by atoms with Crippen molar-refractivity contribution in [1.29, 1.82) is 0 Å². The van der Waals surface area contributed by atoms with Gasteiger partial charge in [0.15, 0.2) is 6.29 Å². The molecule has 1 saturated heterocycles. The lowest BCUT2D eigenvalue weighted by atomic mass is 9.69. The molecule has 0 spiro atoms. The zero-order chi connectivity index (χ0) is 29.0. The van der Waals surface area contributed by atoms with Gasteiger partial charge in [0.2, 0.25) is 0 Å². The lowest BCUT2D eigenvalue weighted by molar-refractivity contribution is -0.141. The highest BCUT2D eigenvalue weighted by Crippen LogP contribution is 2.47. The van der Waals surface area contributed by atoms with Gasteiger partial charge in [-0.2, -0.15) is 0 Å². The highest BCUT2D eigenvalue weighted by molar-refractivity contribution is 5.85. The number of anilines is 2. The number of ether oxygens (including phenoxy) is 3. The molecule has 0 radical (unpaired) electrons. The fraction of sp³-hybridized carbons (Fsp3) is 0.457. The van der Waals surface area contributed by atoms with Crippen LogP contribution >= 0.6 is 0 Å². The Morgan fingerprint density at radius 2 is 1.56 bits per heavy atom. The van der Waals surface area contributed by atoms with Crippen molar-refractivity contribution in [2.45, 2.75) is 70.2 Å². The average Bonchev–Trinajstić information content (AvgIpc) is 2.97. The number of hydrogen-bond acceptors (Lipinski definition) is 5. The van der Waals surface area contributed by atoms with Gasteiger partial charge in [-0.25, -0.2) is 4.79 Å². The molecule has 1 amide bonds. The Balaban J connectivity index is 1.38. The van der Waals surface area contributed by atoms with Gasteiger partial charge in [-0.1, -0.05) is 48.5 Å². The van der Waals surface area contributed by atoms with E-state index in [1.807, 2.05) is 26.8 Å². The summed E-state index contributed by atoms with van der Waals surface area (Å²) in [6.07, 6.45) is 3.58. The van der Waals surface area contributed by atoms with E-state index in [0.717, 1.165) is 44.5 Å². The van der Waals surface area contributed by atoms with E-state index in [2.05, 4.69) is 76.9 Å². The maximum Gasteiger partial charge on any atom is 0.412 e. The smallest absolute Gasteiger partial charge is 0.412 e. The van der Waals surface area contributed by atoms with Gasteiger partial charge in [-0.3, -0.25) is 5.32 Å². The third-order valence-electron chi connectivity index (χ3n) is 8.48. The number of rotatable bonds is 7. The number of benzene rings is 3. The molecular formula is C35H44N2O4. The fourth-order valence-electron chi connectivity index (χ4n) is 6.59. The highest BCUT2D eigenvalue weighted by atomic mass is 16.7. The summed E-state index contributed by atoms with van der Waals surface area (Å²) in [5.41, 5.74) is 6.82. The van der Waals surface area contributed by atoms with Gasteiger partial charge in [0.05, 0.1) is 0 Å². The van der Waals surface area contributed by atoms with Gasteiger partial charge in [0.1, 0.15) is 5.60 Å². The van der Waals surface area contributed by atoms with E-state index >= 15 is 0 Å². The molecule has 1 aliphatic carbocycles. The second kappa shape index (κ2) is 12.7. The number of hydrogen-bond donors (Lipinski definition) is 1. The first kappa shape index (κ1) is 29.2. The molecule has 2 aliphatic rings. The van der Waals surface area contributed by atoms with Crippen LogP contribution in [0.3, 0.4) is 0 Å². The Hall–Kier alpha value is -3.35. The first-order valence-electron chi connectivity index (χ1n) is 14.8. The number of piperidine rings is 1. The van der Waals surface area contributed by atoms with E-state index < -0.39 is 11.7 Å². The number of aryl methyl sites for hydroxylation is 1. The quantitative estimate of drug-likeness (QED) is 0.302. The van der Waals surface area contributed by atoms with Crippen LogP contribution in [0.4, 0.5) is 16.2 Å². The minimum atomic E-state index is -0.537. The van der Waals surface area contributed by atoms with Gasteiger partial charge >= 0.3 is 6.09 Å². The van der Waals surface area contributed by atoms with E-state index in [-0.39, 0.29) is 12.2 Å². The molecule has 0 saturated carbocycles. The summed E-state index contributed by atoms with van der Waals surface area (Å²) in [4.78, 5) is 14.9. The second-order valence-electron chi connectivity index (χ2n) is 12.3. The van der Waals surface area contributed by atoms with Crippen LogP contribution in [-0.4, -0.2) is 45.3 Å². The van der Waals surface area contributed by atoms with Gasteiger partial charge in [0.25, 0.3) is 0 Å². The van der Waals surface area contributed by atoms with Crippen molar-refractivity contribution >= 4 is 17.5 Å². The standard InChI is InChI=1S/C35H44N2O4/c1-35(2,3)41-34(38)36-28-14-18-31-27(23-28)13-17-30(24-9-7-6-8-10-24)32(31)25-11-15-29(16-12-25)37-21-19-26(20-22-37)33(39-4)40-5/h6-12,14-16,18,23,26,30,32-33H,13,17,19-22H2,1-5H3,(H,36,38)/t30-,32+/m1/s1. The molecule has 1 heterocycles. The molecule has 0 unspecified atom stereocenters. The van der Waals surface area contributed by atoms with Crippen LogP contribution in [0.5, 0.6) is 0 Å². The Labute approximate surface area is 245 Å². The Morgan fingerprint density at radius 3 is 2.20 bits per heavy atom. The number of carbonyl (C=O) groups is 1. The number of fused-ring (bicyclic) bond motifs is 1. The molecule has 3 aromatic carbocycles. The van der Waals surface area contributed by atoms with E-state index in [1.165, 1.54) is 27.9 Å². The van der Waals surface area contributed by atoms with E-state index in [1.54, 1.807) is 14.2 Å². The van der Waals surface area contributed by atoms with Gasteiger partial charge in [0, 0.05) is 50.5 Å². The lowest BCUT2D eigenvalue weighted by Crippen LogP contribution is -2.39. The third-order valence-corrected chi connectivity index (χ3v) is 8.48. The molecule has 1 fully saturated rings. The van der Waals surface area contributed by atoms with Gasteiger partial charge < -0.3 is 19.1 Å². The predicted octanol–water partition coefficient (Wildman–Crippen LogP) is 7.73. The van der Waals surface area contributed by atoms with Crippen molar-refractivity contribution in [3.8, 4) is 0 Å². The van der Waals surface area contributed by atoms with Crippen LogP contribution in [0.1, 0.15) is 74.1 Å². The second-order valence-corrected chi connectivity index (χ2v) is 12.3. The van der Waals surface area contributed by atoms with Crippen LogP contribution in [-0.2, 0) is 20.6 Å². The highest BCUT2D eigenvalue weighted by Gasteiger charge is 2.33. The molecule has 218 valence electrons. The summed E-state index contributed by atoms with van der Waals surface area (Å²) in [6, 6.07) is 26.4. The number of methoxy groups -OCH3 is 2. The zero-order valence-corrected chi connectivity index (χ0v) is 25.1. The maximum absolute atomic E-state index is 12.4. The van der Waals surface area contributed by atoms with Crippen LogP contribution in [0.2, 0.25) is 0 Å². The number of amides is 1. The van der Waals surface area contributed by atoms with Crippen LogP contribution in [0, 0.1) is 5.92 Å². The largest absolute Gasteiger partial charge is 0.444 e. The normalized spacial score (nSPS) is 19.6. The Bertz CT molecular complexity index is 1290. The van der Waals surface area contributed by atoms with E-state index in [4.69, 9.17) is 14.2 Å². The number of carbonyl (C=O) groups excluding carboxylic acids is 1. The summed E-state index contributed by atoms with van der Waals surface area (Å²) in [7, 11) is 3.45. The first-order chi connectivity index (χ1) is 19.8. The molecule has 0 bridgehead atoms.